The van der Waals surface area contributed by atoms with Crippen molar-refractivity contribution in [2.45, 2.75) is 13.8 Å². The van der Waals surface area contributed by atoms with Crippen molar-refractivity contribution in [1.82, 2.24) is 9.78 Å². The Kier molecular flexibility index (Phi) is 3.40. The fourth-order valence-electron chi connectivity index (χ4n) is 1.15. The molecule has 0 spiro atoms. The van der Waals surface area contributed by atoms with Crippen LogP contribution in [0.2, 0.25) is 0 Å². The third-order valence-corrected chi connectivity index (χ3v) is 1.95. The van der Waals surface area contributed by atoms with Crippen LogP contribution in [0, 0.1) is 17.2 Å². The van der Waals surface area contributed by atoms with Crippen molar-refractivity contribution in [3.63, 3.8) is 0 Å². The minimum atomic E-state index is -0.160. The highest BCUT2D eigenvalue weighted by molar-refractivity contribution is 6.04. The second-order valence-corrected chi connectivity index (χ2v) is 3.64. The van der Waals surface area contributed by atoms with Gasteiger partial charge in [0.1, 0.15) is 6.07 Å². The standard InChI is InChI=1S/C11H13N3O/c1-8(2)11(15)10(5-12)4-9-6-13-14(3)7-9/h4,6-8H,1-3H3/b10-4+. The molecule has 1 aromatic heterocycles. The first-order valence-corrected chi connectivity index (χ1v) is 4.69. The number of Topliss-reactive ketones (excluding diaryl/α,β-unsaturated/α-hetero) is 1. The van der Waals surface area contributed by atoms with Gasteiger partial charge in [0, 0.05) is 24.7 Å². The van der Waals surface area contributed by atoms with E-state index in [0.29, 0.717) is 0 Å². The Morgan fingerprint density at radius 2 is 2.33 bits per heavy atom. The van der Waals surface area contributed by atoms with Crippen LogP contribution in [0.25, 0.3) is 6.08 Å². The van der Waals surface area contributed by atoms with Crippen LogP contribution in [0.1, 0.15) is 19.4 Å². The lowest BCUT2D eigenvalue weighted by Gasteiger charge is -2.00. The summed E-state index contributed by atoms with van der Waals surface area (Å²) in [5, 5.41) is 12.8. The van der Waals surface area contributed by atoms with Crippen molar-refractivity contribution < 1.29 is 4.79 Å². The summed E-state index contributed by atoms with van der Waals surface area (Å²) in [6.45, 7) is 3.55. The largest absolute Gasteiger partial charge is 0.293 e. The first kappa shape index (κ1) is 11.2. The van der Waals surface area contributed by atoms with Crippen LogP contribution >= 0.6 is 0 Å². The van der Waals surface area contributed by atoms with Crippen molar-refractivity contribution in [2.24, 2.45) is 13.0 Å². The quantitative estimate of drug-likeness (QED) is 0.553. The van der Waals surface area contributed by atoms with Gasteiger partial charge < -0.3 is 0 Å². The number of nitrogens with zero attached hydrogens (tertiary/aromatic N) is 3. The average Bonchev–Trinajstić information content (AvgIpc) is 2.59. The van der Waals surface area contributed by atoms with Crippen molar-refractivity contribution >= 4 is 11.9 Å². The zero-order valence-electron chi connectivity index (χ0n) is 9.06. The van der Waals surface area contributed by atoms with Crippen LogP contribution < -0.4 is 0 Å². The molecule has 4 nitrogen and oxygen atoms in total. The Morgan fingerprint density at radius 3 is 2.73 bits per heavy atom. The molecule has 0 N–H and O–H groups in total. The third kappa shape index (κ3) is 2.78. The van der Waals surface area contributed by atoms with Gasteiger partial charge in [0.2, 0.25) is 0 Å². The molecule has 4 heteroatoms. The van der Waals surface area contributed by atoms with E-state index in [1.54, 1.807) is 44.0 Å². The van der Waals surface area contributed by atoms with E-state index < -0.39 is 0 Å². The average molecular weight is 203 g/mol. The summed E-state index contributed by atoms with van der Waals surface area (Å²) in [6, 6.07) is 1.92. The molecular formula is C11H13N3O. The van der Waals surface area contributed by atoms with Crippen LogP contribution in [-0.2, 0) is 11.8 Å². The van der Waals surface area contributed by atoms with Gasteiger partial charge in [0.15, 0.2) is 5.78 Å². The Balaban J connectivity index is 2.99. The van der Waals surface area contributed by atoms with Gasteiger partial charge in [-0.3, -0.25) is 9.48 Å². The number of aryl methyl sites for hydroxylation is 1. The predicted molar refractivity (Wildman–Crippen MR) is 56.6 cm³/mol. The van der Waals surface area contributed by atoms with Gasteiger partial charge in [-0.15, -0.1) is 0 Å². The smallest absolute Gasteiger partial charge is 0.175 e. The third-order valence-electron chi connectivity index (χ3n) is 1.95. The first-order chi connectivity index (χ1) is 7.04. The van der Waals surface area contributed by atoms with E-state index in [1.165, 1.54) is 0 Å². The lowest BCUT2D eigenvalue weighted by atomic mass is 10.0. The maximum Gasteiger partial charge on any atom is 0.175 e. The van der Waals surface area contributed by atoms with Gasteiger partial charge in [-0.05, 0) is 6.08 Å². The molecule has 1 heterocycles. The van der Waals surface area contributed by atoms with E-state index in [9.17, 15) is 4.79 Å². The van der Waals surface area contributed by atoms with Gasteiger partial charge in [0.05, 0.1) is 11.8 Å². The molecule has 1 aromatic rings. The molecular weight excluding hydrogens is 190 g/mol. The lowest BCUT2D eigenvalue weighted by Crippen LogP contribution is -2.08. The monoisotopic (exact) mass is 203 g/mol. The van der Waals surface area contributed by atoms with E-state index in [4.69, 9.17) is 5.26 Å². The molecule has 15 heavy (non-hydrogen) atoms. The molecule has 0 aliphatic carbocycles. The number of allylic oxidation sites excluding steroid dienone is 1. The van der Waals surface area contributed by atoms with Gasteiger partial charge >= 0.3 is 0 Å². The maximum atomic E-state index is 11.6. The van der Waals surface area contributed by atoms with Crippen LogP contribution in [-0.4, -0.2) is 15.6 Å². The van der Waals surface area contributed by atoms with Crippen molar-refractivity contribution in [3.05, 3.63) is 23.5 Å². The SMILES string of the molecule is CC(C)C(=O)/C(C#N)=C/c1cnn(C)c1. The summed E-state index contributed by atoms with van der Waals surface area (Å²) in [5.41, 5.74) is 0.945. The molecule has 0 amide bonds. The summed E-state index contributed by atoms with van der Waals surface area (Å²) in [7, 11) is 1.79. The summed E-state index contributed by atoms with van der Waals surface area (Å²) < 4.78 is 1.63. The van der Waals surface area contributed by atoms with Crippen molar-refractivity contribution in [1.29, 1.82) is 5.26 Å². The number of nitriles is 1. The molecule has 0 aromatic carbocycles. The zero-order valence-corrected chi connectivity index (χ0v) is 9.06. The molecule has 0 aliphatic rings. The van der Waals surface area contributed by atoms with Gasteiger partial charge in [-0.25, -0.2) is 0 Å². The second kappa shape index (κ2) is 4.56. The number of aromatic nitrogens is 2. The first-order valence-electron chi connectivity index (χ1n) is 4.69. The Labute approximate surface area is 88.8 Å². The second-order valence-electron chi connectivity index (χ2n) is 3.64. The Bertz CT molecular complexity index is 435. The topological polar surface area (TPSA) is 58.7 Å². The van der Waals surface area contributed by atoms with E-state index in [-0.39, 0.29) is 17.3 Å². The van der Waals surface area contributed by atoms with E-state index >= 15 is 0 Å². The maximum absolute atomic E-state index is 11.6. The molecule has 0 atom stereocenters. The fraction of sp³-hybridized carbons (Fsp3) is 0.364. The van der Waals surface area contributed by atoms with Gasteiger partial charge in [-0.2, -0.15) is 10.4 Å². The molecule has 78 valence electrons. The van der Waals surface area contributed by atoms with Gasteiger partial charge in [-0.1, -0.05) is 13.8 Å². The number of carbonyl (C=O) groups excluding carboxylic acids is 1. The van der Waals surface area contributed by atoms with Crippen LogP contribution in [0.3, 0.4) is 0 Å². The molecule has 0 radical (unpaired) electrons. The number of rotatable bonds is 3. The normalized spacial score (nSPS) is 11.5. The Hall–Kier alpha value is -1.89. The fourth-order valence-corrected chi connectivity index (χ4v) is 1.15. The zero-order chi connectivity index (χ0) is 11.4. The lowest BCUT2D eigenvalue weighted by molar-refractivity contribution is -0.117. The van der Waals surface area contributed by atoms with E-state index in [0.717, 1.165) is 5.56 Å². The minimum Gasteiger partial charge on any atom is -0.293 e. The van der Waals surface area contributed by atoms with Crippen LogP contribution in [0.5, 0.6) is 0 Å². The van der Waals surface area contributed by atoms with Crippen LogP contribution in [0.15, 0.2) is 18.0 Å². The Morgan fingerprint density at radius 1 is 1.67 bits per heavy atom. The minimum absolute atomic E-state index is 0.138. The summed E-state index contributed by atoms with van der Waals surface area (Å²) in [5.74, 6) is -0.297. The number of hydrogen-bond donors (Lipinski definition) is 0. The van der Waals surface area contributed by atoms with E-state index in [1.807, 2.05) is 6.07 Å². The number of carbonyl (C=O) groups is 1. The summed E-state index contributed by atoms with van der Waals surface area (Å²) in [4.78, 5) is 11.6. The summed E-state index contributed by atoms with van der Waals surface area (Å²) in [6.07, 6.45) is 4.94. The van der Waals surface area contributed by atoms with Crippen molar-refractivity contribution in [2.75, 3.05) is 0 Å². The highest BCUT2D eigenvalue weighted by Crippen LogP contribution is 2.10. The molecule has 0 aliphatic heterocycles. The molecule has 0 saturated carbocycles. The van der Waals surface area contributed by atoms with Crippen molar-refractivity contribution in [3.8, 4) is 6.07 Å². The number of ketones is 1. The van der Waals surface area contributed by atoms with Gasteiger partial charge in [0.25, 0.3) is 0 Å². The predicted octanol–water partition coefficient (Wildman–Crippen LogP) is 1.55. The molecule has 0 fully saturated rings. The molecule has 0 saturated heterocycles. The molecule has 0 bridgehead atoms. The highest BCUT2D eigenvalue weighted by Gasteiger charge is 2.13. The van der Waals surface area contributed by atoms with Crippen LogP contribution in [0.4, 0.5) is 0 Å². The molecule has 0 unspecified atom stereocenters. The number of hydrogen-bond acceptors (Lipinski definition) is 3. The highest BCUT2D eigenvalue weighted by atomic mass is 16.1. The summed E-state index contributed by atoms with van der Waals surface area (Å²) >= 11 is 0. The van der Waals surface area contributed by atoms with E-state index in [2.05, 4.69) is 5.10 Å². The molecule has 1 rings (SSSR count).